The third-order valence-electron chi connectivity index (χ3n) is 6.10. The molecule has 7 nitrogen and oxygen atoms in total. The van der Waals surface area contributed by atoms with Crippen LogP contribution in [0.25, 0.3) is 0 Å². The van der Waals surface area contributed by atoms with Crippen LogP contribution in [0.2, 0.25) is 0 Å². The summed E-state index contributed by atoms with van der Waals surface area (Å²) in [6.07, 6.45) is 0.817. The number of sulfonamides is 1. The third-order valence-corrected chi connectivity index (χ3v) is 8.00. The van der Waals surface area contributed by atoms with Crippen molar-refractivity contribution in [2.45, 2.75) is 83.2 Å². The number of nitrogens with zero attached hydrogens (tertiary/aromatic N) is 1. The molecule has 1 saturated heterocycles. The van der Waals surface area contributed by atoms with E-state index in [0.29, 0.717) is 37.9 Å². The maximum absolute atomic E-state index is 14.5. The molecule has 0 radical (unpaired) electrons. The van der Waals surface area contributed by atoms with Crippen LogP contribution in [0.5, 0.6) is 0 Å². The van der Waals surface area contributed by atoms with Gasteiger partial charge in [-0.2, -0.15) is 0 Å². The first kappa shape index (κ1) is 23.9. The average molecular weight is 456 g/mol. The predicted octanol–water partition coefficient (Wildman–Crippen LogP) is 3.42. The van der Waals surface area contributed by atoms with Gasteiger partial charge in [0.1, 0.15) is 6.10 Å². The molecule has 2 unspecified atom stereocenters. The number of anilines is 2. The second kappa shape index (κ2) is 9.83. The van der Waals surface area contributed by atoms with E-state index >= 15 is 0 Å². The molecule has 3 rings (SSSR count). The minimum absolute atomic E-state index is 0.0541. The third kappa shape index (κ3) is 5.96. The SMILES string of the molecule is CC1CN(c2ccc(NC(=O)C3CCC(NS(=O)(=O)C(C)C)CC3)cc2)C(F)[C@@H](C)O1. The minimum Gasteiger partial charge on any atom is -0.369 e. The van der Waals surface area contributed by atoms with Crippen LogP contribution < -0.4 is 14.9 Å². The summed E-state index contributed by atoms with van der Waals surface area (Å²) < 4.78 is 46.9. The van der Waals surface area contributed by atoms with Gasteiger partial charge in [-0.15, -0.1) is 0 Å². The van der Waals surface area contributed by atoms with Crippen molar-refractivity contribution in [2.75, 3.05) is 16.8 Å². The van der Waals surface area contributed by atoms with Crippen LogP contribution in [0.4, 0.5) is 15.8 Å². The maximum Gasteiger partial charge on any atom is 0.227 e. The molecular formula is C22H34FN3O4S. The van der Waals surface area contributed by atoms with Crippen molar-refractivity contribution in [1.82, 2.24) is 4.72 Å². The van der Waals surface area contributed by atoms with Crippen LogP contribution in [0.15, 0.2) is 24.3 Å². The molecule has 1 aromatic rings. The Morgan fingerprint density at radius 3 is 2.32 bits per heavy atom. The van der Waals surface area contributed by atoms with Crippen molar-refractivity contribution in [1.29, 1.82) is 0 Å². The van der Waals surface area contributed by atoms with E-state index in [2.05, 4.69) is 10.0 Å². The number of morpholine rings is 1. The van der Waals surface area contributed by atoms with Crippen LogP contribution in [0.1, 0.15) is 53.4 Å². The molecule has 2 aliphatic rings. The Morgan fingerprint density at radius 1 is 1.13 bits per heavy atom. The molecule has 1 aromatic carbocycles. The van der Waals surface area contributed by atoms with Crippen molar-refractivity contribution < 1.29 is 22.3 Å². The molecule has 2 N–H and O–H groups in total. The van der Waals surface area contributed by atoms with E-state index in [1.54, 1.807) is 37.8 Å². The number of ether oxygens (including phenoxy) is 1. The quantitative estimate of drug-likeness (QED) is 0.642. The first-order chi connectivity index (χ1) is 14.6. The van der Waals surface area contributed by atoms with Gasteiger partial charge in [0.15, 0.2) is 6.30 Å². The van der Waals surface area contributed by atoms with E-state index in [-0.39, 0.29) is 24.0 Å². The van der Waals surface area contributed by atoms with Gasteiger partial charge >= 0.3 is 0 Å². The van der Waals surface area contributed by atoms with Gasteiger partial charge in [0, 0.05) is 29.9 Å². The van der Waals surface area contributed by atoms with Gasteiger partial charge in [-0.25, -0.2) is 17.5 Å². The van der Waals surface area contributed by atoms with Crippen molar-refractivity contribution in [3.05, 3.63) is 24.3 Å². The standard InChI is InChI=1S/C22H34FN3O4S/c1-14(2)31(28,29)25-19-7-5-17(6-8-19)22(27)24-18-9-11-20(12-10-18)26-13-15(3)30-16(4)21(26)23/h9-12,14-17,19,21,25H,5-8,13H2,1-4H3,(H,24,27)/t15?,16-,17?,19?,21?/m1/s1. The second-order valence-electron chi connectivity index (χ2n) is 8.97. The van der Waals surface area contributed by atoms with Gasteiger partial charge in [-0.05, 0) is 77.6 Å². The van der Waals surface area contributed by atoms with Crippen LogP contribution in [-0.4, -0.2) is 50.7 Å². The number of rotatable bonds is 6. The largest absolute Gasteiger partial charge is 0.369 e. The van der Waals surface area contributed by atoms with Gasteiger partial charge < -0.3 is 15.0 Å². The van der Waals surface area contributed by atoms with Gasteiger partial charge in [0.05, 0.1) is 11.4 Å². The molecule has 174 valence electrons. The summed E-state index contributed by atoms with van der Waals surface area (Å²) in [6, 6.07) is 7.08. The molecule has 1 aliphatic carbocycles. The number of benzene rings is 1. The Bertz CT molecular complexity index is 854. The highest BCUT2D eigenvalue weighted by molar-refractivity contribution is 7.90. The number of carbonyl (C=O) groups excluding carboxylic acids is 1. The molecule has 2 fully saturated rings. The summed E-state index contributed by atoms with van der Waals surface area (Å²) >= 11 is 0. The molecule has 1 heterocycles. The fourth-order valence-electron chi connectivity index (χ4n) is 4.18. The smallest absolute Gasteiger partial charge is 0.227 e. The first-order valence-electron chi connectivity index (χ1n) is 11.0. The number of alkyl halides is 1. The summed E-state index contributed by atoms with van der Waals surface area (Å²) in [7, 11) is -3.30. The van der Waals surface area contributed by atoms with Crippen LogP contribution in [-0.2, 0) is 19.6 Å². The molecule has 0 bridgehead atoms. The lowest BCUT2D eigenvalue weighted by Crippen LogP contribution is -2.51. The zero-order valence-corrected chi connectivity index (χ0v) is 19.5. The van der Waals surface area contributed by atoms with Crippen molar-refractivity contribution in [3.63, 3.8) is 0 Å². The van der Waals surface area contributed by atoms with Crippen LogP contribution >= 0.6 is 0 Å². The van der Waals surface area contributed by atoms with E-state index in [0.717, 1.165) is 5.69 Å². The topological polar surface area (TPSA) is 87.7 Å². The number of hydrogen-bond donors (Lipinski definition) is 2. The summed E-state index contributed by atoms with van der Waals surface area (Å²) in [5.41, 5.74) is 1.42. The summed E-state index contributed by atoms with van der Waals surface area (Å²) in [6.45, 7) is 7.43. The molecule has 9 heteroatoms. The van der Waals surface area contributed by atoms with Gasteiger partial charge in [-0.1, -0.05) is 0 Å². The van der Waals surface area contributed by atoms with E-state index in [9.17, 15) is 17.6 Å². The maximum atomic E-state index is 14.5. The van der Waals surface area contributed by atoms with Gasteiger partial charge in [0.2, 0.25) is 15.9 Å². The zero-order valence-electron chi connectivity index (χ0n) is 18.7. The number of amides is 1. The van der Waals surface area contributed by atoms with Crippen molar-refractivity contribution >= 4 is 27.3 Å². The molecule has 3 atom stereocenters. The molecule has 31 heavy (non-hydrogen) atoms. The highest BCUT2D eigenvalue weighted by Crippen LogP contribution is 2.29. The lowest BCUT2D eigenvalue weighted by Gasteiger charge is -2.39. The normalized spacial score (nSPS) is 29.7. The minimum atomic E-state index is -3.30. The number of nitrogens with one attached hydrogen (secondary N) is 2. The van der Waals surface area contributed by atoms with Crippen LogP contribution in [0.3, 0.4) is 0 Å². The molecule has 0 spiro atoms. The summed E-state index contributed by atoms with van der Waals surface area (Å²) in [5.74, 6) is -0.203. The Hall–Kier alpha value is -1.71. The van der Waals surface area contributed by atoms with Crippen molar-refractivity contribution in [2.24, 2.45) is 5.92 Å². The van der Waals surface area contributed by atoms with Crippen LogP contribution in [0, 0.1) is 5.92 Å². The monoisotopic (exact) mass is 455 g/mol. The Balaban J connectivity index is 1.52. The lowest BCUT2D eigenvalue weighted by atomic mass is 9.86. The summed E-state index contributed by atoms with van der Waals surface area (Å²) in [5, 5.41) is 2.47. The van der Waals surface area contributed by atoms with E-state index in [4.69, 9.17) is 4.74 Å². The van der Waals surface area contributed by atoms with E-state index in [1.165, 1.54) is 0 Å². The van der Waals surface area contributed by atoms with Crippen molar-refractivity contribution in [3.8, 4) is 0 Å². The Kier molecular flexibility index (Phi) is 7.59. The molecular weight excluding hydrogens is 421 g/mol. The average Bonchev–Trinajstić information content (AvgIpc) is 2.71. The Labute approximate surface area is 184 Å². The summed E-state index contributed by atoms with van der Waals surface area (Å²) in [4.78, 5) is 14.3. The number of hydrogen-bond acceptors (Lipinski definition) is 5. The molecule has 1 aliphatic heterocycles. The van der Waals surface area contributed by atoms with Gasteiger partial charge in [0.25, 0.3) is 0 Å². The van der Waals surface area contributed by atoms with E-state index in [1.807, 2.05) is 19.1 Å². The first-order valence-corrected chi connectivity index (χ1v) is 12.6. The fraction of sp³-hybridized carbons (Fsp3) is 0.682. The molecule has 1 amide bonds. The highest BCUT2D eigenvalue weighted by atomic mass is 32.2. The zero-order chi connectivity index (χ0) is 22.8. The fourth-order valence-corrected chi connectivity index (χ4v) is 5.15. The van der Waals surface area contributed by atoms with E-state index < -0.39 is 27.7 Å². The Morgan fingerprint density at radius 2 is 1.74 bits per heavy atom. The predicted molar refractivity (Wildman–Crippen MR) is 120 cm³/mol. The van der Waals surface area contributed by atoms with Gasteiger partial charge in [-0.3, -0.25) is 4.79 Å². The number of carbonyl (C=O) groups is 1. The highest BCUT2D eigenvalue weighted by Gasteiger charge is 2.33. The number of halogens is 1. The molecule has 1 saturated carbocycles. The second-order valence-corrected chi connectivity index (χ2v) is 11.2. The lowest BCUT2D eigenvalue weighted by molar-refractivity contribution is -0.120. The molecule has 0 aromatic heterocycles.